The quantitative estimate of drug-likeness (QED) is 0.739. The Kier molecular flexibility index (Phi) is 4.28. The van der Waals surface area contributed by atoms with Crippen LogP contribution in [0.3, 0.4) is 0 Å². The molecule has 0 spiro atoms. The van der Waals surface area contributed by atoms with Crippen LogP contribution in [0.25, 0.3) is 0 Å². The summed E-state index contributed by atoms with van der Waals surface area (Å²) in [7, 11) is -5.26. The molecule has 1 fully saturated rings. The third-order valence-corrected chi connectivity index (χ3v) is 6.17. The molecule has 1 aromatic heterocycles. The Hall–Kier alpha value is -2.07. The largest absolute Gasteiger partial charge is 0.483 e. The van der Waals surface area contributed by atoms with Gasteiger partial charge in [0.15, 0.2) is 25.4 Å². The molecular formula is C15H19N3O5S2. The highest BCUT2D eigenvalue weighted by atomic mass is 32.2. The van der Waals surface area contributed by atoms with Crippen LogP contribution in [0.15, 0.2) is 40.4 Å². The van der Waals surface area contributed by atoms with E-state index >= 15 is 0 Å². The van der Waals surface area contributed by atoms with E-state index in [0.717, 1.165) is 12.5 Å². The van der Waals surface area contributed by atoms with Gasteiger partial charge in [0.05, 0.1) is 41.0 Å². The van der Waals surface area contributed by atoms with Gasteiger partial charge in [-0.05, 0) is 18.2 Å². The van der Waals surface area contributed by atoms with Gasteiger partial charge in [0, 0.05) is 19.6 Å². The van der Waals surface area contributed by atoms with Gasteiger partial charge >= 0.3 is 0 Å². The summed E-state index contributed by atoms with van der Waals surface area (Å²) in [6, 6.07) is 4.18. The molecular weight excluding hydrogens is 366 g/mol. The summed E-state index contributed by atoms with van der Waals surface area (Å²) < 4.78 is 55.0. The van der Waals surface area contributed by atoms with E-state index in [1.165, 1.54) is 18.2 Å². The summed E-state index contributed by atoms with van der Waals surface area (Å²) in [5.41, 5.74) is 0.487. The monoisotopic (exact) mass is 385 g/mol. The molecule has 0 radical (unpaired) electrons. The topological polar surface area (TPSA) is 98.6 Å². The number of nitrogens with zero attached hydrogens (tertiary/aromatic N) is 3. The van der Waals surface area contributed by atoms with E-state index < -0.39 is 19.7 Å². The Morgan fingerprint density at radius 1 is 1.12 bits per heavy atom. The lowest BCUT2D eigenvalue weighted by atomic mass is 10.1. The van der Waals surface area contributed by atoms with Crippen LogP contribution in [0.2, 0.25) is 0 Å². The van der Waals surface area contributed by atoms with Crippen LogP contribution in [-0.4, -0.2) is 58.3 Å². The molecule has 0 saturated carbocycles. The van der Waals surface area contributed by atoms with Gasteiger partial charge < -0.3 is 9.64 Å². The highest BCUT2D eigenvalue weighted by molar-refractivity contribution is 7.91. The minimum absolute atomic E-state index is 0.00949. The van der Waals surface area contributed by atoms with Crippen molar-refractivity contribution in [2.24, 2.45) is 7.05 Å². The van der Waals surface area contributed by atoms with Gasteiger partial charge in [-0.3, -0.25) is 4.68 Å². The number of aryl methyl sites for hydroxylation is 1. The van der Waals surface area contributed by atoms with Gasteiger partial charge in [0.25, 0.3) is 0 Å². The molecule has 1 aliphatic heterocycles. The number of sulfone groups is 2. The summed E-state index contributed by atoms with van der Waals surface area (Å²) in [5.74, 6) is 0.655. The first kappa shape index (κ1) is 17.7. The Balaban J connectivity index is 1.81. The van der Waals surface area contributed by atoms with Gasteiger partial charge in [0.2, 0.25) is 0 Å². The molecule has 10 heteroatoms. The molecule has 0 unspecified atom stereocenters. The summed E-state index contributed by atoms with van der Waals surface area (Å²) >= 11 is 0. The second kappa shape index (κ2) is 6.03. The highest BCUT2D eigenvalue weighted by Crippen LogP contribution is 2.32. The van der Waals surface area contributed by atoms with E-state index in [9.17, 15) is 16.8 Å². The van der Waals surface area contributed by atoms with Crippen LogP contribution in [0.5, 0.6) is 5.75 Å². The second-order valence-electron chi connectivity index (χ2n) is 6.17. The van der Waals surface area contributed by atoms with Crippen molar-refractivity contribution in [3.8, 4) is 5.75 Å². The van der Waals surface area contributed by atoms with E-state index in [2.05, 4.69) is 5.10 Å². The Morgan fingerprint density at radius 2 is 1.80 bits per heavy atom. The van der Waals surface area contributed by atoms with Crippen molar-refractivity contribution in [2.75, 3.05) is 30.5 Å². The van der Waals surface area contributed by atoms with Crippen LogP contribution < -0.4 is 9.64 Å². The smallest absolute Gasteiger partial charge is 0.177 e. The number of anilines is 1. The molecule has 136 valence electrons. The van der Waals surface area contributed by atoms with Crippen molar-refractivity contribution in [1.82, 2.24) is 9.78 Å². The lowest BCUT2D eigenvalue weighted by Gasteiger charge is -2.41. The number of ether oxygens (including phenoxy) is 1. The molecule has 2 heterocycles. The first-order valence-corrected chi connectivity index (χ1v) is 11.3. The molecule has 2 aromatic rings. The van der Waals surface area contributed by atoms with E-state index in [1.807, 2.05) is 4.90 Å². The maximum Gasteiger partial charge on any atom is 0.177 e. The molecule has 1 aliphatic rings. The van der Waals surface area contributed by atoms with E-state index in [4.69, 9.17) is 4.74 Å². The Bertz CT molecular complexity index is 1010. The standard InChI is InChI=1S/C15H19N3O5S2/c1-17-8-11(7-16-17)23-12-9-18(10-12)14-5-4-13(24(2,19)20)6-15(14)25(3,21)22/h4-8,12H,9-10H2,1-3H3. The fourth-order valence-corrected chi connectivity index (χ4v) is 4.28. The van der Waals surface area contributed by atoms with Crippen molar-refractivity contribution < 1.29 is 21.6 Å². The van der Waals surface area contributed by atoms with Gasteiger partial charge in [-0.2, -0.15) is 5.10 Å². The predicted molar refractivity (Wildman–Crippen MR) is 92.5 cm³/mol. The average molecular weight is 385 g/mol. The van der Waals surface area contributed by atoms with Crippen molar-refractivity contribution in [3.63, 3.8) is 0 Å². The minimum atomic E-state index is -3.57. The summed E-state index contributed by atoms with van der Waals surface area (Å²) in [6.07, 6.45) is 5.42. The van der Waals surface area contributed by atoms with Crippen molar-refractivity contribution in [2.45, 2.75) is 15.9 Å². The van der Waals surface area contributed by atoms with Crippen LogP contribution in [-0.2, 0) is 26.7 Å². The molecule has 25 heavy (non-hydrogen) atoms. The van der Waals surface area contributed by atoms with Gasteiger partial charge in [-0.15, -0.1) is 0 Å². The Labute approximate surface area is 146 Å². The third kappa shape index (κ3) is 3.79. The molecule has 0 bridgehead atoms. The molecule has 0 N–H and O–H groups in total. The number of benzene rings is 1. The van der Waals surface area contributed by atoms with Crippen molar-refractivity contribution in [1.29, 1.82) is 0 Å². The van der Waals surface area contributed by atoms with E-state index in [-0.39, 0.29) is 15.9 Å². The average Bonchev–Trinajstić information content (AvgIpc) is 2.85. The zero-order valence-corrected chi connectivity index (χ0v) is 15.7. The second-order valence-corrected chi connectivity index (χ2v) is 10.2. The molecule has 0 atom stereocenters. The fraction of sp³-hybridized carbons (Fsp3) is 0.400. The zero-order chi connectivity index (χ0) is 18.4. The third-order valence-electron chi connectivity index (χ3n) is 3.93. The summed E-state index contributed by atoms with van der Waals surface area (Å²) in [4.78, 5) is 1.85. The summed E-state index contributed by atoms with van der Waals surface area (Å²) in [5, 5.41) is 4.03. The molecule has 3 rings (SSSR count). The van der Waals surface area contributed by atoms with Crippen LogP contribution in [0, 0.1) is 0 Å². The molecule has 1 aromatic carbocycles. The number of hydrogen-bond acceptors (Lipinski definition) is 7. The number of hydrogen-bond donors (Lipinski definition) is 0. The fourth-order valence-electron chi connectivity index (χ4n) is 2.64. The highest BCUT2D eigenvalue weighted by Gasteiger charge is 2.32. The summed E-state index contributed by atoms with van der Waals surface area (Å²) in [6.45, 7) is 1.02. The van der Waals surface area contributed by atoms with E-state index in [1.54, 1.807) is 24.1 Å². The van der Waals surface area contributed by atoms with Crippen molar-refractivity contribution in [3.05, 3.63) is 30.6 Å². The zero-order valence-electron chi connectivity index (χ0n) is 14.1. The lowest BCUT2D eigenvalue weighted by Crippen LogP contribution is -2.54. The van der Waals surface area contributed by atoms with Crippen LogP contribution >= 0.6 is 0 Å². The maximum atomic E-state index is 12.1. The molecule has 0 amide bonds. The Morgan fingerprint density at radius 3 is 2.32 bits per heavy atom. The molecule has 1 saturated heterocycles. The predicted octanol–water partition coefficient (Wildman–Crippen LogP) is 0.495. The van der Waals surface area contributed by atoms with Crippen molar-refractivity contribution >= 4 is 25.4 Å². The maximum absolute atomic E-state index is 12.1. The van der Waals surface area contributed by atoms with Gasteiger partial charge in [-0.1, -0.05) is 0 Å². The normalized spacial score (nSPS) is 15.9. The van der Waals surface area contributed by atoms with Gasteiger partial charge in [0.1, 0.15) is 6.10 Å². The van der Waals surface area contributed by atoms with Crippen LogP contribution in [0.4, 0.5) is 5.69 Å². The first-order chi connectivity index (χ1) is 11.5. The van der Waals surface area contributed by atoms with Gasteiger partial charge in [-0.25, -0.2) is 16.8 Å². The van der Waals surface area contributed by atoms with E-state index in [0.29, 0.717) is 24.5 Å². The molecule has 0 aliphatic carbocycles. The molecule has 8 nitrogen and oxygen atoms in total. The first-order valence-electron chi connectivity index (χ1n) is 7.48. The lowest BCUT2D eigenvalue weighted by molar-refractivity contribution is 0.167. The van der Waals surface area contributed by atoms with Crippen LogP contribution in [0.1, 0.15) is 0 Å². The minimum Gasteiger partial charge on any atom is -0.483 e. The number of rotatable bonds is 5. The SMILES string of the molecule is Cn1cc(OC2CN(c3ccc(S(C)(=O)=O)cc3S(C)(=O)=O)C2)cn1. The number of aromatic nitrogens is 2.